The van der Waals surface area contributed by atoms with Crippen LogP contribution in [0.15, 0.2) is 53.8 Å². The fraction of sp³-hybridized carbons (Fsp3) is 0.0526. The average Bonchev–Trinajstić information content (AvgIpc) is 3.12. The first-order valence-corrected chi connectivity index (χ1v) is 7.79. The summed E-state index contributed by atoms with van der Waals surface area (Å²) in [4.78, 5) is 4.46. The van der Waals surface area contributed by atoms with Gasteiger partial charge in [0.15, 0.2) is 0 Å². The van der Waals surface area contributed by atoms with E-state index in [0.717, 1.165) is 22.2 Å². The second-order valence-electron chi connectivity index (χ2n) is 6.06. The molecule has 0 radical (unpaired) electrons. The van der Waals surface area contributed by atoms with Crippen molar-refractivity contribution in [2.75, 3.05) is 0 Å². The van der Waals surface area contributed by atoms with Crippen molar-refractivity contribution in [3.8, 4) is 22.4 Å². The molecule has 0 atom stereocenters. The Morgan fingerprint density at radius 3 is 2.64 bits per heavy atom. The maximum absolute atomic E-state index is 14.3. The summed E-state index contributed by atoms with van der Waals surface area (Å²) in [6, 6.07) is 9.37. The Hall–Kier alpha value is -3.28. The van der Waals surface area contributed by atoms with E-state index in [0.29, 0.717) is 11.3 Å². The van der Waals surface area contributed by atoms with Gasteiger partial charge in [-0.2, -0.15) is 5.10 Å². The number of aliphatic imine (C=N–C) groups is 1. The van der Waals surface area contributed by atoms with Crippen LogP contribution in [0.25, 0.3) is 33.3 Å². The van der Waals surface area contributed by atoms with Crippen molar-refractivity contribution in [2.45, 2.75) is 0 Å². The van der Waals surface area contributed by atoms with Crippen LogP contribution >= 0.6 is 0 Å². The highest BCUT2D eigenvalue weighted by Crippen LogP contribution is 2.40. The second kappa shape index (κ2) is 4.86. The molecule has 0 aliphatic carbocycles. The summed E-state index contributed by atoms with van der Waals surface area (Å²) in [5.74, 6) is -1.17. The van der Waals surface area contributed by atoms with Crippen LogP contribution in [0.1, 0.15) is 0 Å². The lowest BCUT2D eigenvalue weighted by atomic mass is 9.98. The molecule has 0 spiro atoms. The molecule has 1 aliphatic heterocycles. The molecule has 3 heterocycles. The van der Waals surface area contributed by atoms with Gasteiger partial charge in [0.1, 0.15) is 23.0 Å². The SMILES string of the molecule is Cn1cc2c(n1)-c1cc(-c3c(F)cccc3F)cc3ccn(c13)C=N2. The monoisotopic (exact) mass is 334 g/mol. The summed E-state index contributed by atoms with van der Waals surface area (Å²) in [5.41, 5.74) is 3.58. The molecule has 0 N–H and O–H groups in total. The van der Waals surface area contributed by atoms with Gasteiger partial charge in [-0.05, 0) is 35.9 Å². The van der Waals surface area contributed by atoms with Crippen LogP contribution in [-0.4, -0.2) is 20.7 Å². The summed E-state index contributed by atoms with van der Waals surface area (Å²) < 4.78 is 32.1. The van der Waals surface area contributed by atoms with Crippen LogP contribution in [0.2, 0.25) is 0 Å². The van der Waals surface area contributed by atoms with E-state index in [1.807, 2.05) is 30.1 Å². The maximum atomic E-state index is 14.3. The zero-order valence-electron chi connectivity index (χ0n) is 13.2. The summed E-state index contributed by atoms with van der Waals surface area (Å²) in [7, 11) is 1.82. The fourth-order valence-corrected chi connectivity index (χ4v) is 3.39. The number of hydrogen-bond acceptors (Lipinski definition) is 2. The van der Waals surface area contributed by atoms with Gasteiger partial charge in [0.05, 0.1) is 23.6 Å². The van der Waals surface area contributed by atoms with Crippen molar-refractivity contribution >= 4 is 22.9 Å². The maximum Gasteiger partial charge on any atom is 0.133 e. The van der Waals surface area contributed by atoms with E-state index in [1.165, 1.54) is 18.2 Å². The molecule has 0 saturated heterocycles. The topological polar surface area (TPSA) is 35.1 Å². The van der Waals surface area contributed by atoms with Gasteiger partial charge in [0.2, 0.25) is 0 Å². The van der Waals surface area contributed by atoms with Crippen molar-refractivity contribution in [3.63, 3.8) is 0 Å². The zero-order valence-corrected chi connectivity index (χ0v) is 13.2. The van der Waals surface area contributed by atoms with E-state index in [-0.39, 0.29) is 5.56 Å². The van der Waals surface area contributed by atoms with Crippen molar-refractivity contribution in [1.82, 2.24) is 14.3 Å². The third kappa shape index (κ3) is 1.97. The normalized spacial score (nSPS) is 12.4. The van der Waals surface area contributed by atoms with Crippen LogP contribution in [0.4, 0.5) is 14.5 Å². The Labute approximate surface area is 141 Å². The molecule has 0 bridgehead atoms. The largest absolute Gasteiger partial charge is 0.307 e. The average molecular weight is 334 g/mol. The van der Waals surface area contributed by atoms with Crippen LogP contribution in [0.3, 0.4) is 0 Å². The third-order valence-corrected chi connectivity index (χ3v) is 4.45. The molecule has 2 aromatic heterocycles. The van der Waals surface area contributed by atoms with E-state index in [9.17, 15) is 8.78 Å². The van der Waals surface area contributed by atoms with Crippen molar-refractivity contribution in [3.05, 3.63) is 60.4 Å². The van der Waals surface area contributed by atoms with Gasteiger partial charge < -0.3 is 4.57 Å². The first-order valence-electron chi connectivity index (χ1n) is 7.79. The first-order chi connectivity index (χ1) is 12.1. The zero-order chi connectivity index (χ0) is 17.1. The first kappa shape index (κ1) is 14.1. The van der Waals surface area contributed by atoms with Crippen LogP contribution in [0.5, 0.6) is 0 Å². The molecule has 0 unspecified atom stereocenters. The molecule has 0 fully saturated rings. The van der Waals surface area contributed by atoms with Gasteiger partial charge >= 0.3 is 0 Å². The van der Waals surface area contributed by atoms with Crippen LogP contribution < -0.4 is 0 Å². The van der Waals surface area contributed by atoms with E-state index in [1.54, 1.807) is 23.2 Å². The number of rotatable bonds is 1. The number of nitrogens with zero attached hydrogens (tertiary/aromatic N) is 4. The van der Waals surface area contributed by atoms with Gasteiger partial charge in [-0.1, -0.05) is 6.07 Å². The van der Waals surface area contributed by atoms with Crippen LogP contribution in [0, 0.1) is 11.6 Å². The smallest absolute Gasteiger partial charge is 0.133 e. The third-order valence-electron chi connectivity index (χ3n) is 4.45. The Morgan fingerprint density at radius 2 is 1.84 bits per heavy atom. The molecule has 4 nitrogen and oxygen atoms in total. The molecule has 4 aromatic rings. The summed E-state index contributed by atoms with van der Waals surface area (Å²) >= 11 is 0. The standard InChI is InChI=1S/C19H12F2N4/c1-24-9-16-18(23-24)13-8-12(17-14(20)3-2-4-15(17)21)7-11-5-6-25(10-22-16)19(11)13/h2-10H,1H3. The fourth-order valence-electron chi connectivity index (χ4n) is 3.39. The number of hydrogen-bond donors (Lipinski definition) is 0. The highest BCUT2D eigenvalue weighted by Gasteiger charge is 2.21. The number of halogens is 2. The van der Waals surface area contributed by atoms with Crippen molar-refractivity contribution < 1.29 is 8.78 Å². The molecular weight excluding hydrogens is 322 g/mol. The van der Waals surface area contributed by atoms with Gasteiger partial charge in [0, 0.05) is 24.2 Å². The summed E-state index contributed by atoms with van der Waals surface area (Å²) in [6.45, 7) is 0. The van der Waals surface area contributed by atoms with Gasteiger partial charge in [-0.15, -0.1) is 0 Å². The summed E-state index contributed by atoms with van der Waals surface area (Å²) in [6.07, 6.45) is 5.42. The van der Waals surface area contributed by atoms with E-state index >= 15 is 0 Å². The van der Waals surface area contributed by atoms with E-state index < -0.39 is 11.6 Å². The molecule has 1 aliphatic rings. The molecular formula is C19H12F2N4. The lowest BCUT2D eigenvalue weighted by Crippen LogP contribution is -1.95. The Morgan fingerprint density at radius 1 is 1.04 bits per heavy atom. The van der Waals surface area contributed by atoms with Gasteiger partial charge in [0.25, 0.3) is 0 Å². The Bertz CT molecular complexity index is 1160. The molecule has 0 amide bonds. The number of aromatic nitrogens is 3. The van der Waals surface area contributed by atoms with Crippen LogP contribution in [-0.2, 0) is 7.05 Å². The molecule has 25 heavy (non-hydrogen) atoms. The second-order valence-corrected chi connectivity index (χ2v) is 6.06. The van der Waals surface area contributed by atoms with Crippen molar-refractivity contribution in [1.29, 1.82) is 0 Å². The lowest BCUT2D eigenvalue weighted by Gasteiger charge is -2.09. The van der Waals surface area contributed by atoms with Gasteiger partial charge in [-0.25, -0.2) is 13.8 Å². The Balaban J connectivity index is 1.89. The molecule has 122 valence electrons. The predicted octanol–water partition coefficient (Wildman–Crippen LogP) is 4.51. The minimum Gasteiger partial charge on any atom is -0.307 e. The number of fused-ring (bicyclic) bond motifs is 2. The lowest BCUT2D eigenvalue weighted by molar-refractivity contribution is 0.589. The van der Waals surface area contributed by atoms with Crippen molar-refractivity contribution in [2.24, 2.45) is 12.0 Å². The highest BCUT2D eigenvalue weighted by atomic mass is 19.1. The molecule has 6 heteroatoms. The predicted molar refractivity (Wildman–Crippen MR) is 93.0 cm³/mol. The quantitative estimate of drug-likeness (QED) is 0.444. The molecule has 2 aromatic carbocycles. The number of benzene rings is 2. The minimum atomic E-state index is -0.586. The van der Waals surface area contributed by atoms with Gasteiger partial charge in [-0.3, -0.25) is 4.68 Å². The Kier molecular flexibility index (Phi) is 2.74. The molecule has 0 saturated carbocycles. The molecule has 5 rings (SSSR count). The summed E-state index contributed by atoms with van der Waals surface area (Å²) in [5, 5.41) is 5.37. The number of aryl methyl sites for hydroxylation is 1. The van der Waals surface area contributed by atoms with E-state index in [4.69, 9.17) is 0 Å². The highest BCUT2D eigenvalue weighted by molar-refractivity contribution is 6.04. The minimum absolute atomic E-state index is 0.0314. The van der Waals surface area contributed by atoms with E-state index in [2.05, 4.69) is 10.1 Å².